The molecule has 0 aromatic rings. The Hall–Kier alpha value is -0.570. The van der Waals surface area contributed by atoms with E-state index < -0.39 is 0 Å². The van der Waals surface area contributed by atoms with Crippen molar-refractivity contribution in [2.24, 2.45) is 5.92 Å². The quantitative estimate of drug-likeness (QED) is 0.571. The Bertz CT molecular complexity index is 225. The molecule has 0 radical (unpaired) electrons. The van der Waals surface area contributed by atoms with Crippen molar-refractivity contribution >= 4 is 5.97 Å². The van der Waals surface area contributed by atoms with E-state index in [1.54, 1.807) is 0 Å². The van der Waals surface area contributed by atoms with Gasteiger partial charge in [0.2, 0.25) is 0 Å². The van der Waals surface area contributed by atoms with E-state index in [1.807, 2.05) is 13.8 Å². The average Bonchev–Trinajstić information content (AvgIpc) is 2.28. The Morgan fingerprint density at radius 1 is 1.46 bits per heavy atom. The van der Waals surface area contributed by atoms with Gasteiger partial charge >= 0.3 is 5.97 Å². The van der Waals surface area contributed by atoms with Crippen molar-refractivity contribution in [1.29, 1.82) is 0 Å². The number of fused-ring (bicyclic) bond motifs is 1. The molecule has 3 heteroatoms. The number of hydrogen-bond donors (Lipinski definition) is 1. The molecule has 0 aliphatic carbocycles. The lowest BCUT2D eigenvalue weighted by atomic mass is 9.84. The summed E-state index contributed by atoms with van der Waals surface area (Å²) in [7, 11) is 0. The van der Waals surface area contributed by atoms with Gasteiger partial charge in [-0.25, -0.2) is 0 Å². The highest BCUT2D eigenvalue weighted by molar-refractivity contribution is 5.79. The first kappa shape index (κ1) is 9.00. The van der Waals surface area contributed by atoms with E-state index in [9.17, 15) is 4.79 Å². The molecular weight excluding hydrogens is 166 g/mol. The Labute approximate surface area is 78.8 Å². The van der Waals surface area contributed by atoms with E-state index in [-0.39, 0.29) is 17.6 Å². The van der Waals surface area contributed by atoms with E-state index in [1.165, 1.54) is 12.8 Å². The minimum atomic E-state index is -0.265. The Kier molecular flexibility index (Phi) is 2.06. The standard InChI is InChI=1S/C10H17NO2/c1-10(2)7-5-3-4-6-11-8(7)9(12)13-10/h7-8,11H,3-6H2,1-2H3/t7-,8-/m0/s1. The third kappa shape index (κ3) is 1.46. The third-order valence-corrected chi connectivity index (χ3v) is 3.22. The van der Waals surface area contributed by atoms with Crippen molar-refractivity contribution in [1.82, 2.24) is 5.32 Å². The second-order valence-electron chi connectivity index (χ2n) is 4.56. The molecule has 2 atom stereocenters. The monoisotopic (exact) mass is 183 g/mol. The summed E-state index contributed by atoms with van der Waals surface area (Å²) in [6, 6.07) is -0.0440. The normalized spacial score (nSPS) is 37.8. The predicted molar refractivity (Wildman–Crippen MR) is 49.3 cm³/mol. The van der Waals surface area contributed by atoms with Crippen LogP contribution in [0.3, 0.4) is 0 Å². The van der Waals surface area contributed by atoms with Gasteiger partial charge in [0.1, 0.15) is 11.6 Å². The Morgan fingerprint density at radius 3 is 3.00 bits per heavy atom. The van der Waals surface area contributed by atoms with Crippen LogP contribution in [0.5, 0.6) is 0 Å². The topological polar surface area (TPSA) is 38.3 Å². The molecule has 0 saturated carbocycles. The maximum atomic E-state index is 11.5. The second kappa shape index (κ2) is 2.98. The van der Waals surface area contributed by atoms with E-state index in [4.69, 9.17) is 4.74 Å². The first-order valence-electron chi connectivity index (χ1n) is 5.07. The zero-order valence-corrected chi connectivity index (χ0v) is 8.30. The molecule has 0 aromatic carbocycles. The van der Waals surface area contributed by atoms with E-state index in [0.717, 1.165) is 13.0 Å². The molecule has 2 fully saturated rings. The van der Waals surface area contributed by atoms with Gasteiger partial charge in [-0.15, -0.1) is 0 Å². The molecule has 0 bridgehead atoms. The molecular formula is C10H17NO2. The van der Waals surface area contributed by atoms with Gasteiger partial charge < -0.3 is 10.1 Å². The SMILES string of the molecule is CC1(C)OC(=O)[C@H]2NCCCC[C@@H]21. The van der Waals surface area contributed by atoms with Crippen LogP contribution in [0.1, 0.15) is 33.1 Å². The van der Waals surface area contributed by atoms with Gasteiger partial charge in [-0.3, -0.25) is 4.79 Å². The average molecular weight is 183 g/mol. The van der Waals surface area contributed by atoms with Crippen LogP contribution in [0.15, 0.2) is 0 Å². The molecule has 2 heterocycles. The summed E-state index contributed by atoms with van der Waals surface area (Å²) in [5.74, 6) is 0.305. The van der Waals surface area contributed by atoms with Gasteiger partial charge in [-0.05, 0) is 33.2 Å². The smallest absolute Gasteiger partial charge is 0.324 e. The van der Waals surface area contributed by atoms with Crippen LogP contribution in [0.4, 0.5) is 0 Å². The van der Waals surface area contributed by atoms with Gasteiger partial charge in [-0.2, -0.15) is 0 Å². The van der Waals surface area contributed by atoms with Crippen LogP contribution >= 0.6 is 0 Å². The maximum Gasteiger partial charge on any atom is 0.324 e. The summed E-state index contributed by atoms with van der Waals surface area (Å²) in [5, 5.41) is 3.27. The summed E-state index contributed by atoms with van der Waals surface area (Å²) in [6.07, 6.45) is 3.49. The predicted octanol–water partition coefficient (Wildman–Crippen LogP) is 1.08. The molecule has 0 unspecified atom stereocenters. The summed E-state index contributed by atoms with van der Waals surface area (Å²) >= 11 is 0. The molecule has 74 valence electrons. The second-order valence-corrected chi connectivity index (χ2v) is 4.56. The maximum absolute atomic E-state index is 11.5. The third-order valence-electron chi connectivity index (χ3n) is 3.22. The minimum absolute atomic E-state index is 0.0440. The van der Waals surface area contributed by atoms with Gasteiger partial charge in [0.25, 0.3) is 0 Å². The van der Waals surface area contributed by atoms with Crippen molar-refractivity contribution < 1.29 is 9.53 Å². The number of cyclic esters (lactones) is 1. The first-order valence-corrected chi connectivity index (χ1v) is 5.07. The molecule has 2 aliphatic rings. The molecule has 0 amide bonds. The minimum Gasteiger partial charge on any atom is -0.458 e. The van der Waals surface area contributed by atoms with E-state index in [0.29, 0.717) is 5.92 Å². The van der Waals surface area contributed by atoms with Crippen molar-refractivity contribution in [2.75, 3.05) is 6.54 Å². The van der Waals surface area contributed by atoms with Crippen LogP contribution in [-0.4, -0.2) is 24.2 Å². The number of ether oxygens (including phenoxy) is 1. The highest BCUT2D eigenvalue weighted by atomic mass is 16.6. The highest BCUT2D eigenvalue weighted by Gasteiger charge is 2.49. The van der Waals surface area contributed by atoms with Gasteiger partial charge in [0.15, 0.2) is 0 Å². The number of rotatable bonds is 0. The molecule has 2 saturated heterocycles. The zero-order chi connectivity index (χ0) is 9.47. The first-order chi connectivity index (χ1) is 6.11. The molecule has 13 heavy (non-hydrogen) atoms. The summed E-state index contributed by atoms with van der Waals surface area (Å²) < 4.78 is 5.35. The summed E-state index contributed by atoms with van der Waals surface area (Å²) in [6.45, 7) is 4.98. The van der Waals surface area contributed by atoms with Crippen molar-refractivity contribution in [3.05, 3.63) is 0 Å². The molecule has 2 aliphatic heterocycles. The molecule has 2 rings (SSSR count). The summed E-state index contributed by atoms with van der Waals surface area (Å²) in [4.78, 5) is 11.5. The van der Waals surface area contributed by atoms with Crippen LogP contribution < -0.4 is 5.32 Å². The van der Waals surface area contributed by atoms with Crippen LogP contribution in [0.25, 0.3) is 0 Å². The van der Waals surface area contributed by atoms with Crippen molar-refractivity contribution in [3.8, 4) is 0 Å². The van der Waals surface area contributed by atoms with Crippen LogP contribution in [-0.2, 0) is 9.53 Å². The molecule has 1 N–H and O–H groups in total. The number of carbonyl (C=O) groups is 1. The van der Waals surface area contributed by atoms with Crippen molar-refractivity contribution in [3.63, 3.8) is 0 Å². The fourth-order valence-corrected chi connectivity index (χ4v) is 2.45. The number of nitrogens with one attached hydrogen (secondary N) is 1. The van der Waals surface area contributed by atoms with E-state index >= 15 is 0 Å². The number of hydrogen-bond acceptors (Lipinski definition) is 3. The van der Waals surface area contributed by atoms with Crippen LogP contribution in [0, 0.1) is 5.92 Å². The van der Waals surface area contributed by atoms with Crippen LogP contribution in [0.2, 0.25) is 0 Å². The largest absolute Gasteiger partial charge is 0.458 e. The molecule has 0 aromatic heterocycles. The lowest BCUT2D eigenvalue weighted by Crippen LogP contribution is -2.40. The lowest BCUT2D eigenvalue weighted by molar-refractivity contribution is -0.147. The molecule has 3 nitrogen and oxygen atoms in total. The highest BCUT2D eigenvalue weighted by Crippen LogP contribution is 2.37. The fourth-order valence-electron chi connectivity index (χ4n) is 2.45. The molecule has 0 spiro atoms. The lowest BCUT2D eigenvalue weighted by Gasteiger charge is -2.25. The number of carbonyl (C=O) groups excluding carboxylic acids is 1. The zero-order valence-electron chi connectivity index (χ0n) is 8.30. The Balaban J connectivity index is 2.21. The van der Waals surface area contributed by atoms with Crippen molar-refractivity contribution in [2.45, 2.75) is 44.8 Å². The van der Waals surface area contributed by atoms with Gasteiger partial charge in [0, 0.05) is 5.92 Å². The summed E-state index contributed by atoms with van der Waals surface area (Å²) in [5.41, 5.74) is -0.265. The van der Waals surface area contributed by atoms with E-state index in [2.05, 4.69) is 5.32 Å². The van der Waals surface area contributed by atoms with Gasteiger partial charge in [-0.1, -0.05) is 6.42 Å². The number of esters is 1. The fraction of sp³-hybridized carbons (Fsp3) is 0.900. The van der Waals surface area contributed by atoms with Gasteiger partial charge in [0.05, 0.1) is 0 Å². The Morgan fingerprint density at radius 2 is 2.23 bits per heavy atom.